The van der Waals surface area contributed by atoms with Gasteiger partial charge < -0.3 is 19.7 Å². The molecule has 0 atom stereocenters. The van der Waals surface area contributed by atoms with E-state index in [4.69, 9.17) is 19.5 Å². The van der Waals surface area contributed by atoms with Gasteiger partial charge in [-0.1, -0.05) is 30.0 Å². The number of para-hydroxylation sites is 1. The number of thioether (sulfide) groups is 1. The van der Waals surface area contributed by atoms with Crippen LogP contribution in [0, 0.1) is 0 Å². The van der Waals surface area contributed by atoms with Crippen LogP contribution in [0.4, 0.5) is 10.5 Å². The summed E-state index contributed by atoms with van der Waals surface area (Å²) >= 11 is 1.36. The molecule has 1 spiro atoms. The summed E-state index contributed by atoms with van der Waals surface area (Å²) < 4.78 is 10.9. The van der Waals surface area contributed by atoms with Gasteiger partial charge in [-0.2, -0.15) is 0 Å². The molecule has 208 valence electrons. The molecule has 0 bridgehead atoms. The van der Waals surface area contributed by atoms with Crippen LogP contribution in [0.25, 0.3) is 10.9 Å². The van der Waals surface area contributed by atoms with E-state index in [-0.39, 0.29) is 17.8 Å². The third-order valence-electron chi connectivity index (χ3n) is 6.63. The number of nitrogens with zero attached hydrogens (tertiary/aromatic N) is 4. The summed E-state index contributed by atoms with van der Waals surface area (Å²) in [5.74, 6) is 0.762. The van der Waals surface area contributed by atoms with Crippen molar-refractivity contribution in [1.82, 2.24) is 9.88 Å². The number of nitrogens with one attached hydrogen (secondary N) is 1. The van der Waals surface area contributed by atoms with Crippen molar-refractivity contribution >= 4 is 51.1 Å². The monoisotopic (exact) mass is 559 g/mol. The second-order valence-electron chi connectivity index (χ2n) is 10.8. The number of benzene rings is 2. The van der Waals surface area contributed by atoms with E-state index in [1.165, 1.54) is 11.8 Å². The number of carbonyl (C=O) groups excluding carboxylic acids is 2. The van der Waals surface area contributed by atoms with Gasteiger partial charge in [0.1, 0.15) is 16.4 Å². The van der Waals surface area contributed by atoms with E-state index in [0.29, 0.717) is 36.7 Å². The summed E-state index contributed by atoms with van der Waals surface area (Å²) in [6.45, 7) is 6.56. The summed E-state index contributed by atoms with van der Waals surface area (Å²) in [5.41, 5.74) is 1.95. The topological polar surface area (TPSA) is 105 Å². The summed E-state index contributed by atoms with van der Waals surface area (Å²) in [5, 5.41) is 4.61. The molecule has 0 unspecified atom stereocenters. The summed E-state index contributed by atoms with van der Waals surface area (Å²) in [6.07, 6.45) is 2.49. The van der Waals surface area contributed by atoms with E-state index in [2.05, 4.69) is 10.3 Å². The average molecular weight is 560 g/mol. The van der Waals surface area contributed by atoms with E-state index in [0.717, 1.165) is 27.9 Å². The number of rotatable bonds is 5. The molecular weight excluding hydrogens is 526 g/mol. The molecule has 1 saturated heterocycles. The third kappa shape index (κ3) is 6.44. The minimum Gasteiger partial charge on any atom is -0.497 e. The summed E-state index contributed by atoms with van der Waals surface area (Å²) in [7, 11) is 1.63. The molecule has 3 aromatic rings. The molecule has 0 radical (unpaired) electrons. The van der Waals surface area contributed by atoms with E-state index in [1.54, 1.807) is 18.2 Å². The molecule has 1 N–H and O–H groups in total. The smallest absolute Gasteiger partial charge is 0.410 e. The predicted octanol–water partition coefficient (Wildman–Crippen LogP) is 5.54. The molecule has 10 heteroatoms. The van der Waals surface area contributed by atoms with Crippen LogP contribution in [-0.2, 0) is 9.53 Å². The van der Waals surface area contributed by atoms with Crippen molar-refractivity contribution in [3.8, 4) is 5.75 Å². The first kappa shape index (κ1) is 27.6. The second-order valence-corrected chi connectivity index (χ2v) is 11.8. The van der Waals surface area contributed by atoms with Crippen LogP contribution in [0.3, 0.4) is 0 Å². The number of aromatic nitrogens is 1. The zero-order chi connectivity index (χ0) is 28.3. The molecule has 40 heavy (non-hydrogen) atoms. The van der Waals surface area contributed by atoms with Crippen LogP contribution in [0.5, 0.6) is 5.75 Å². The Labute approximate surface area is 238 Å². The van der Waals surface area contributed by atoms with Crippen LogP contribution >= 0.6 is 11.8 Å². The third-order valence-corrected chi connectivity index (χ3v) is 7.59. The maximum Gasteiger partial charge on any atom is 0.410 e. The van der Waals surface area contributed by atoms with Crippen molar-refractivity contribution in [3.05, 3.63) is 66.4 Å². The van der Waals surface area contributed by atoms with Gasteiger partial charge in [0, 0.05) is 36.9 Å². The fourth-order valence-electron chi connectivity index (χ4n) is 4.63. The van der Waals surface area contributed by atoms with Gasteiger partial charge >= 0.3 is 6.09 Å². The lowest BCUT2D eigenvalue weighted by Crippen LogP contribution is -2.46. The van der Waals surface area contributed by atoms with Crippen molar-refractivity contribution in [2.75, 3.05) is 31.3 Å². The fraction of sp³-hybridized carbons (Fsp3) is 0.367. The van der Waals surface area contributed by atoms with Crippen LogP contribution in [-0.4, -0.2) is 69.9 Å². The Morgan fingerprint density at radius 2 is 1.77 bits per heavy atom. The number of amides is 2. The van der Waals surface area contributed by atoms with E-state index < -0.39 is 11.3 Å². The number of likely N-dealkylation sites (tertiary alicyclic amines) is 1. The van der Waals surface area contributed by atoms with Crippen molar-refractivity contribution in [2.24, 2.45) is 9.98 Å². The lowest BCUT2D eigenvalue weighted by atomic mass is 9.99. The van der Waals surface area contributed by atoms with Crippen molar-refractivity contribution in [1.29, 1.82) is 0 Å². The Balaban J connectivity index is 1.30. The maximum absolute atomic E-state index is 12.9. The number of piperidine rings is 1. The number of pyridine rings is 1. The highest BCUT2D eigenvalue weighted by Crippen LogP contribution is 2.36. The van der Waals surface area contributed by atoms with Crippen LogP contribution < -0.4 is 10.1 Å². The number of anilines is 1. The Kier molecular flexibility index (Phi) is 7.80. The predicted molar refractivity (Wildman–Crippen MR) is 160 cm³/mol. The van der Waals surface area contributed by atoms with E-state index in [9.17, 15) is 9.59 Å². The van der Waals surface area contributed by atoms with Gasteiger partial charge in [-0.25, -0.2) is 9.79 Å². The molecule has 2 aliphatic rings. The maximum atomic E-state index is 12.9. The van der Waals surface area contributed by atoms with Gasteiger partial charge in [0.25, 0.3) is 0 Å². The number of hydrogen-bond acceptors (Lipinski definition) is 8. The minimum atomic E-state index is -0.672. The average Bonchev–Trinajstić information content (AvgIpc) is 3.29. The Morgan fingerprint density at radius 3 is 2.48 bits per heavy atom. The first-order valence-corrected chi connectivity index (χ1v) is 14.2. The normalized spacial score (nSPS) is 16.4. The van der Waals surface area contributed by atoms with Gasteiger partial charge in [0.15, 0.2) is 5.66 Å². The minimum absolute atomic E-state index is 0.153. The SMILES string of the molecule is COc1ccc(C2=NC3(CCN(C(=O)OC(C)(C)C)CC3)N=C2SCC(=O)Nc2cnc3ccccc3c2)cc1. The molecule has 2 aliphatic heterocycles. The highest BCUT2D eigenvalue weighted by molar-refractivity contribution is 8.16. The lowest BCUT2D eigenvalue weighted by molar-refractivity contribution is -0.113. The van der Waals surface area contributed by atoms with Crippen LogP contribution in [0.15, 0.2) is 70.8 Å². The zero-order valence-electron chi connectivity index (χ0n) is 23.1. The molecule has 0 saturated carbocycles. The number of methoxy groups -OCH3 is 1. The number of ether oxygens (including phenoxy) is 2. The van der Waals surface area contributed by atoms with Gasteiger partial charge in [0.2, 0.25) is 5.91 Å². The van der Waals surface area contributed by atoms with E-state index >= 15 is 0 Å². The first-order valence-electron chi connectivity index (χ1n) is 13.2. The number of fused-ring (bicyclic) bond motifs is 1. The van der Waals surface area contributed by atoms with Gasteiger partial charge in [-0.15, -0.1) is 0 Å². The van der Waals surface area contributed by atoms with Crippen molar-refractivity contribution in [3.63, 3.8) is 0 Å². The highest BCUT2D eigenvalue weighted by atomic mass is 32.2. The Bertz CT molecular complexity index is 1470. The number of carbonyl (C=O) groups is 2. The quantitative estimate of drug-likeness (QED) is 0.440. The molecule has 1 aromatic heterocycles. The van der Waals surface area contributed by atoms with Crippen LogP contribution in [0.1, 0.15) is 39.2 Å². The second kappa shape index (κ2) is 11.3. The van der Waals surface area contributed by atoms with Gasteiger partial charge in [0.05, 0.1) is 36.0 Å². The standard InChI is InChI=1S/C30H33N5O4S/c1-29(2,3)39-28(37)35-15-13-30(14-16-35)33-26(20-9-11-23(38-4)12-10-20)27(34-30)40-19-25(36)32-22-17-21-7-5-6-8-24(21)31-18-22/h5-12,17-18H,13-16,19H2,1-4H3,(H,32,36). The molecule has 3 heterocycles. The first-order chi connectivity index (χ1) is 19.1. The Morgan fingerprint density at radius 1 is 1.05 bits per heavy atom. The van der Waals surface area contributed by atoms with Gasteiger partial charge in [-0.05, 0) is 57.2 Å². The highest BCUT2D eigenvalue weighted by Gasteiger charge is 2.41. The molecule has 5 rings (SSSR count). The largest absolute Gasteiger partial charge is 0.497 e. The molecule has 2 amide bonds. The molecule has 2 aromatic carbocycles. The van der Waals surface area contributed by atoms with E-state index in [1.807, 2.05) is 75.4 Å². The molecule has 0 aliphatic carbocycles. The molecule has 1 fully saturated rings. The summed E-state index contributed by atoms with van der Waals surface area (Å²) in [6, 6.07) is 17.3. The zero-order valence-corrected chi connectivity index (χ0v) is 24.0. The summed E-state index contributed by atoms with van der Waals surface area (Å²) in [4.78, 5) is 41.8. The number of aliphatic imine (C=N–C) groups is 2. The fourth-order valence-corrected chi connectivity index (χ4v) is 5.50. The van der Waals surface area contributed by atoms with Crippen molar-refractivity contribution < 1.29 is 19.1 Å². The van der Waals surface area contributed by atoms with Gasteiger partial charge in [-0.3, -0.25) is 14.8 Å². The molecular formula is C30H33N5O4S. The Hall–Kier alpha value is -3.92. The lowest BCUT2D eigenvalue weighted by Gasteiger charge is -2.36. The van der Waals surface area contributed by atoms with Crippen molar-refractivity contribution in [2.45, 2.75) is 44.9 Å². The molecule has 9 nitrogen and oxygen atoms in total. The van der Waals surface area contributed by atoms with Crippen LogP contribution in [0.2, 0.25) is 0 Å². The number of hydrogen-bond donors (Lipinski definition) is 1.